The molecule has 0 atom stereocenters. The molecule has 2 nitrogen and oxygen atoms in total. The van der Waals surface area contributed by atoms with Crippen molar-refractivity contribution in [3.05, 3.63) is 108 Å². The molecule has 0 bridgehead atoms. The second-order valence-electron chi connectivity index (χ2n) is 5.99. The quantitative estimate of drug-likeness (QED) is 0.312. The molecule has 0 aliphatic rings. The summed E-state index contributed by atoms with van der Waals surface area (Å²) in [5, 5.41) is 0. The fourth-order valence-corrected chi connectivity index (χ4v) is 2.50. The third kappa shape index (κ3) is 6.25. The van der Waals surface area contributed by atoms with Gasteiger partial charge < -0.3 is 9.97 Å². The van der Waals surface area contributed by atoms with E-state index in [2.05, 4.69) is 48.1 Å². The summed E-state index contributed by atoms with van der Waals surface area (Å²) < 4.78 is 0. The van der Waals surface area contributed by atoms with Crippen LogP contribution in [0.4, 0.5) is 0 Å². The predicted octanol–water partition coefficient (Wildman–Crippen LogP) is 5.71. The van der Waals surface area contributed by atoms with Crippen LogP contribution in [-0.2, 0) is 20.1 Å². The number of pyridine rings is 2. The van der Waals surface area contributed by atoms with Crippen LogP contribution >= 0.6 is 0 Å². The van der Waals surface area contributed by atoms with Gasteiger partial charge in [-0.1, -0.05) is 38.1 Å². The Balaban J connectivity index is 0.000000187. The number of hydrogen-bond donors (Lipinski definition) is 0. The van der Waals surface area contributed by atoms with Crippen LogP contribution in [0.5, 0.6) is 0 Å². The number of aryl methyl sites for hydroxylation is 2. The molecule has 3 heteroatoms. The molecule has 2 heterocycles. The number of aromatic nitrogens is 2. The molecule has 137 valence electrons. The minimum Gasteiger partial charge on any atom is -0.305 e. The molecule has 0 N–H and O–H groups in total. The first-order chi connectivity index (χ1) is 12.7. The first-order valence-electron chi connectivity index (χ1n) is 8.52. The van der Waals surface area contributed by atoms with Crippen LogP contribution in [0.3, 0.4) is 0 Å². The van der Waals surface area contributed by atoms with E-state index in [0.29, 0.717) is 0 Å². The smallest absolute Gasteiger partial charge is 0.0160 e. The molecule has 0 saturated carbocycles. The third-order valence-corrected chi connectivity index (χ3v) is 3.80. The normalized spacial score (nSPS) is 9.56. The molecule has 0 aliphatic carbocycles. The summed E-state index contributed by atoms with van der Waals surface area (Å²) in [6, 6.07) is 30.2. The number of hydrogen-bond acceptors (Lipinski definition) is 2. The van der Waals surface area contributed by atoms with Crippen molar-refractivity contribution in [2.24, 2.45) is 0 Å². The molecule has 0 spiro atoms. The largest absolute Gasteiger partial charge is 0.305 e. The minimum absolute atomic E-state index is 0. The maximum Gasteiger partial charge on any atom is 0.0160 e. The van der Waals surface area contributed by atoms with E-state index in [9.17, 15) is 0 Å². The van der Waals surface area contributed by atoms with Gasteiger partial charge in [0.1, 0.15) is 0 Å². The number of nitrogens with zero attached hydrogens (tertiary/aromatic N) is 2. The first-order valence-corrected chi connectivity index (χ1v) is 8.52. The Hall–Kier alpha value is -2.61. The molecule has 2 aromatic carbocycles. The predicted molar refractivity (Wildman–Crippen MR) is 106 cm³/mol. The van der Waals surface area contributed by atoms with Gasteiger partial charge in [0.2, 0.25) is 0 Å². The van der Waals surface area contributed by atoms with E-state index in [1.54, 1.807) is 12.4 Å². The zero-order valence-electron chi connectivity index (χ0n) is 15.3. The van der Waals surface area contributed by atoms with Gasteiger partial charge in [0, 0.05) is 32.5 Å². The molecule has 0 saturated heterocycles. The molecule has 4 rings (SSSR count). The van der Waals surface area contributed by atoms with E-state index < -0.39 is 0 Å². The summed E-state index contributed by atoms with van der Waals surface area (Å²) in [7, 11) is 0. The first kappa shape index (κ1) is 20.7. The fraction of sp³-hybridized carbons (Fsp3) is 0.0833. The van der Waals surface area contributed by atoms with Gasteiger partial charge in [-0.05, 0) is 23.5 Å². The molecule has 0 aliphatic heterocycles. The molecular weight excluding hydrogens is 508 g/mol. The van der Waals surface area contributed by atoms with Crippen LogP contribution in [0.25, 0.3) is 22.5 Å². The van der Waals surface area contributed by atoms with Crippen molar-refractivity contribution < 1.29 is 20.1 Å². The van der Waals surface area contributed by atoms with Crippen LogP contribution in [0.2, 0.25) is 0 Å². The summed E-state index contributed by atoms with van der Waals surface area (Å²) in [4.78, 5) is 8.52. The molecule has 0 unspecified atom stereocenters. The van der Waals surface area contributed by atoms with Crippen LogP contribution in [0, 0.1) is 26.0 Å². The van der Waals surface area contributed by atoms with E-state index >= 15 is 0 Å². The zero-order valence-corrected chi connectivity index (χ0v) is 17.7. The van der Waals surface area contributed by atoms with Crippen molar-refractivity contribution in [1.29, 1.82) is 0 Å². The number of benzene rings is 2. The van der Waals surface area contributed by atoms with Gasteiger partial charge in [-0.25, -0.2) is 0 Å². The standard InChI is InChI=1S/2C12H10N.Ir/c2*1-10-5-4-6-11(9-10)12-7-2-3-8-13-12;/h2*2-5,7-9H,1H3;/q2*-1;. The number of rotatable bonds is 2. The molecular formula is C24H20IrN2-2. The SMILES string of the molecule is Cc1cc[c-]c(-c2ccccn2)c1.Cc1cc[c-]c(-c2ccccn2)c1.[Ir]. The summed E-state index contributed by atoms with van der Waals surface area (Å²) in [6.07, 6.45) is 3.59. The van der Waals surface area contributed by atoms with Crippen molar-refractivity contribution in [3.8, 4) is 22.5 Å². The average Bonchev–Trinajstić information content (AvgIpc) is 2.70. The second-order valence-corrected chi connectivity index (χ2v) is 5.99. The van der Waals surface area contributed by atoms with Gasteiger partial charge >= 0.3 is 0 Å². The molecule has 4 aromatic rings. The summed E-state index contributed by atoms with van der Waals surface area (Å²) in [5.74, 6) is 0. The van der Waals surface area contributed by atoms with Crippen LogP contribution in [-0.4, -0.2) is 9.97 Å². The van der Waals surface area contributed by atoms with Gasteiger partial charge in [0.15, 0.2) is 0 Å². The monoisotopic (exact) mass is 529 g/mol. The van der Waals surface area contributed by atoms with Gasteiger partial charge in [0.05, 0.1) is 0 Å². The Labute approximate surface area is 174 Å². The summed E-state index contributed by atoms with van der Waals surface area (Å²) in [5.41, 5.74) is 6.54. The fourth-order valence-electron chi connectivity index (χ4n) is 2.50. The Morgan fingerprint density at radius 3 is 1.41 bits per heavy atom. The Morgan fingerprint density at radius 2 is 1.07 bits per heavy atom. The van der Waals surface area contributed by atoms with Crippen molar-refractivity contribution in [2.75, 3.05) is 0 Å². The van der Waals surface area contributed by atoms with Gasteiger partial charge in [-0.3, -0.25) is 0 Å². The van der Waals surface area contributed by atoms with Gasteiger partial charge in [0.25, 0.3) is 0 Å². The minimum atomic E-state index is 0. The van der Waals surface area contributed by atoms with Crippen molar-refractivity contribution in [2.45, 2.75) is 13.8 Å². The summed E-state index contributed by atoms with van der Waals surface area (Å²) >= 11 is 0. The van der Waals surface area contributed by atoms with Gasteiger partial charge in [-0.2, -0.15) is 0 Å². The second kappa shape index (κ2) is 10.5. The zero-order chi connectivity index (χ0) is 18.2. The van der Waals surface area contributed by atoms with Crippen molar-refractivity contribution in [3.63, 3.8) is 0 Å². The van der Waals surface area contributed by atoms with E-state index in [0.717, 1.165) is 22.5 Å². The summed E-state index contributed by atoms with van der Waals surface area (Å²) in [6.45, 7) is 4.14. The maximum atomic E-state index is 4.26. The third-order valence-electron chi connectivity index (χ3n) is 3.80. The molecule has 0 amide bonds. The Bertz CT molecular complexity index is 873. The molecule has 0 fully saturated rings. The van der Waals surface area contributed by atoms with E-state index in [1.807, 2.05) is 60.7 Å². The van der Waals surface area contributed by atoms with Gasteiger partial charge in [-0.15, -0.1) is 70.8 Å². The Kier molecular flexibility index (Phi) is 8.06. The van der Waals surface area contributed by atoms with Crippen molar-refractivity contribution in [1.82, 2.24) is 9.97 Å². The van der Waals surface area contributed by atoms with Crippen molar-refractivity contribution >= 4 is 0 Å². The van der Waals surface area contributed by atoms with Crippen LogP contribution < -0.4 is 0 Å². The van der Waals surface area contributed by atoms with E-state index in [4.69, 9.17) is 0 Å². The Morgan fingerprint density at radius 1 is 0.630 bits per heavy atom. The average molecular weight is 529 g/mol. The van der Waals surface area contributed by atoms with E-state index in [1.165, 1.54) is 11.1 Å². The molecule has 27 heavy (non-hydrogen) atoms. The molecule has 1 radical (unpaired) electrons. The topological polar surface area (TPSA) is 25.8 Å². The maximum absolute atomic E-state index is 4.26. The van der Waals surface area contributed by atoms with Crippen LogP contribution in [0.1, 0.15) is 11.1 Å². The molecule has 2 aromatic heterocycles. The van der Waals surface area contributed by atoms with E-state index in [-0.39, 0.29) is 20.1 Å². The van der Waals surface area contributed by atoms with Crippen LogP contribution in [0.15, 0.2) is 85.2 Å².